The molecule has 0 radical (unpaired) electrons. The molecule has 1 aromatic rings. The Morgan fingerprint density at radius 3 is 2.19 bits per heavy atom. The van der Waals surface area contributed by atoms with Crippen LogP contribution < -0.4 is 4.72 Å². The van der Waals surface area contributed by atoms with E-state index in [9.17, 15) is 21.6 Å². The summed E-state index contributed by atoms with van der Waals surface area (Å²) in [6.45, 7) is 5.32. The zero-order chi connectivity index (χ0) is 19.4. The number of sulfonamides is 1. The molecule has 9 heteroatoms. The van der Waals surface area contributed by atoms with E-state index in [1.165, 1.54) is 24.3 Å². The number of carbonyl (C=O) groups excluding carboxylic acids is 1. The van der Waals surface area contributed by atoms with Crippen LogP contribution >= 0.6 is 0 Å². The van der Waals surface area contributed by atoms with Crippen LogP contribution in [-0.4, -0.2) is 58.3 Å². The van der Waals surface area contributed by atoms with Gasteiger partial charge in [0.2, 0.25) is 10.0 Å². The summed E-state index contributed by atoms with van der Waals surface area (Å²) >= 11 is 0. The van der Waals surface area contributed by atoms with E-state index in [4.69, 9.17) is 0 Å². The minimum Gasteiger partial charge on any atom is -0.339 e. The van der Waals surface area contributed by atoms with Crippen LogP contribution in [0, 0.1) is 0 Å². The van der Waals surface area contributed by atoms with Crippen LogP contribution in [-0.2, 0) is 19.9 Å². The van der Waals surface area contributed by atoms with Crippen molar-refractivity contribution in [1.82, 2.24) is 9.62 Å². The third-order valence-corrected chi connectivity index (χ3v) is 7.54. The van der Waals surface area contributed by atoms with E-state index >= 15 is 0 Å². The van der Waals surface area contributed by atoms with E-state index in [1.54, 1.807) is 4.90 Å². The molecule has 7 nitrogen and oxygen atoms in total. The number of hydrogen-bond acceptors (Lipinski definition) is 5. The lowest BCUT2D eigenvalue weighted by atomic mass is 10.2. The van der Waals surface area contributed by atoms with Gasteiger partial charge >= 0.3 is 0 Å². The minimum atomic E-state index is -3.82. The molecule has 0 aliphatic carbocycles. The first kappa shape index (κ1) is 20.9. The normalized spacial score (nSPS) is 19.4. The zero-order valence-electron chi connectivity index (χ0n) is 15.1. The van der Waals surface area contributed by atoms with Crippen LogP contribution in [0.25, 0.3) is 0 Å². The number of sulfone groups is 1. The Hall–Kier alpha value is -1.45. The van der Waals surface area contributed by atoms with Gasteiger partial charge in [0.05, 0.1) is 16.4 Å². The van der Waals surface area contributed by atoms with Crippen molar-refractivity contribution >= 4 is 25.8 Å². The summed E-state index contributed by atoms with van der Waals surface area (Å²) in [5.74, 6) is -0.295. The number of benzene rings is 1. The van der Waals surface area contributed by atoms with Crippen molar-refractivity contribution in [2.45, 2.75) is 44.0 Å². The summed E-state index contributed by atoms with van der Waals surface area (Å²) in [5.41, 5.74) is 0.439. The number of amides is 1. The van der Waals surface area contributed by atoms with Gasteiger partial charge in [0.25, 0.3) is 5.91 Å². The van der Waals surface area contributed by atoms with Gasteiger partial charge in [-0.2, -0.15) is 0 Å². The topological polar surface area (TPSA) is 101 Å². The highest BCUT2D eigenvalue weighted by Gasteiger charge is 2.31. The molecule has 1 aromatic carbocycles. The second-order valence-corrected chi connectivity index (χ2v) is 10.5. The molecule has 1 aliphatic rings. The zero-order valence-corrected chi connectivity index (χ0v) is 16.8. The summed E-state index contributed by atoms with van der Waals surface area (Å²) in [5, 5.41) is 0. The maximum absolute atomic E-state index is 12.5. The van der Waals surface area contributed by atoms with Crippen molar-refractivity contribution in [1.29, 1.82) is 0 Å². The average molecular weight is 403 g/mol. The molecule has 1 saturated heterocycles. The Morgan fingerprint density at radius 2 is 1.73 bits per heavy atom. The molecule has 0 spiro atoms. The standard InChI is InChI=1S/C17H26N2O5S2/c1-3-10-19(11-4-2)17(20)14-5-7-16(8-6-14)26(23,24)18-15-9-12-25(21,22)13-15/h5-8,15,18H,3-4,9-13H2,1-2H3. The van der Waals surface area contributed by atoms with Crippen molar-refractivity contribution in [3.05, 3.63) is 29.8 Å². The van der Waals surface area contributed by atoms with E-state index in [1.807, 2.05) is 13.8 Å². The summed E-state index contributed by atoms with van der Waals surface area (Å²) in [4.78, 5) is 14.3. The molecular weight excluding hydrogens is 376 g/mol. The van der Waals surface area contributed by atoms with Crippen molar-refractivity contribution in [2.75, 3.05) is 24.6 Å². The first-order valence-electron chi connectivity index (χ1n) is 8.80. The second kappa shape index (κ2) is 8.49. The maximum Gasteiger partial charge on any atom is 0.253 e. The molecule has 146 valence electrons. The maximum atomic E-state index is 12.5. The smallest absolute Gasteiger partial charge is 0.253 e. The summed E-state index contributed by atoms with van der Waals surface area (Å²) in [6, 6.07) is 5.17. The monoisotopic (exact) mass is 402 g/mol. The fourth-order valence-electron chi connectivity index (χ4n) is 2.99. The quantitative estimate of drug-likeness (QED) is 0.709. The predicted molar refractivity (Wildman–Crippen MR) is 100 cm³/mol. The number of rotatable bonds is 8. The Labute approximate surface area is 155 Å². The molecule has 1 atom stereocenters. The van der Waals surface area contributed by atoms with E-state index in [-0.39, 0.29) is 28.7 Å². The highest BCUT2D eigenvalue weighted by molar-refractivity contribution is 7.92. The third-order valence-electron chi connectivity index (χ3n) is 4.24. The molecule has 0 bridgehead atoms. The minimum absolute atomic E-state index is 0.00167. The molecule has 1 amide bonds. The van der Waals surface area contributed by atoms with E-state index < -0.39 is 25.9 Å². The van der Waals surface area contributed by atoms with Crippen LogP contribution in [0.4, 0.5) is 0 Å². The van der Waals surface area contributed by atoms with Gasteiger partial charge in [-0.15, -0.1) is 0 Å². The molecule has 1 heterocycles. The molecule has 1 aliphatic heterocycles. The number of hydrogen-bond donors (Lipinski definition) is 1. The van der Waals surface area contributed by atoms with Crippen LogP contribution in [0.5, 0.6) is 0 Å². The first-order valence-corrected chi connectivity index (χ1v) is 12.1. The van der Waals surface area contributed by atoms with Crippen LogP contribution in [0.3, 0.4) is 0 Å². The molecule has 2 rings (SSSR count). The predicted octanol–water partition coefficient (Wildman–Crippen LogP) is 1.41. The van der Waals surface area contributed by atoms with Crippen molar-refractivity contribution < 1.29 is 21.6 Å². The number of nitrogens with one attached hydrogen (secondary N) is 1. The molecule has 0 aromatic heterocycles. The Kier molecular flexibility index (Phi) is 6.81. The molecule has 1 fully saturated rings. The molecule has 0 saturated carbocycles. The van der Waals surface area contributed by atoms with Gasteiger partial charge in [-0.05, 0) is 43.5 Å². The van der Waals surface area contributed by atoms with Gasteiger partial charge < -0.3 is 4.90 Å². The summed E-state index contributed by atoms with van der Waals surface area (Å²) in [7, 11) is -6.98. The second-order valence-electron chi connectivity index (χ2n) is 6.54. The van der Waals surface area contributed by atoms with Gasteiger partial charge in [0.1, 0.15) is 0 Å². The molecule has 1 N–H and O–H groups in total. The Morgan fingerprint density at radius 1 is 1.15 bits per heavy atom. The van der Waals surface area contributed by atoms with Gasteiger partial charge in [-0.25, -0.2) is 21.6 Å². The fourth-order valence-corrected chi connectivity index (χ4v) is 6.04. The summed E-state index contributed by atoms with van der Waals surface area (Å²) in [6.07, 6.45) is 1.99. The lowest BCUT2D eigenvalue weighted by Crippen LogP contribution is -2.35. The van der Waals surface area contributed by atoms with Gasteiger partial charge in [-0.1, -0.05) is 13.8 Å². The van der Waals surface area contributed by atoms with Crippen molar-refractivity contribution in [3.63, 3.8) is 0 Å². The lowest BCUT2D eigenvalue weighted by Gasteiger charge is -2.21. The largest absolute Gasteiger partial charge is 0.339 e. The first-order chi connectivity index (χ1) is 12.2. The Balaban J connectivity index is 2.11. The van der Waals surface area contributed by atoms with E-state index in [0.717, 1.165) is 12.8 Å². The van der Waals surface area contributed by atoms with Crippen molar-refractivity contribution in [2.24, 2.45) is 0 Å². The van der Waals surface area contributed by atoms with Crippen LogP contribution in [0.15, 0.2) is 29.2 Å². The van der Waals surface area contributed by atoms with Crippen LogP contribution in [0.1, 0.15) is 43.5 Å². The molecule has 1 unspecified atom stereocenters. The third kappa shape index (κ3) is 5.28. The highest BCUT2D eigenvalue weighted by Crippen LogP contribution is 2.17. The SMILES string of the molecule is CCCN(CCC)C(=O)c1ccc(S(=O)(=O)NC2CCS(=O)(=O)C2)cc1. The summed E-state index contributed by atoms with van der Waals surface area (Å²) < 4.78 is 50.2. The average Bonchev–Trinajstić information content (AvgIpc) is 2.92. The highest BCUT2D eigenvalue weighted by atomic mass is 32.2. The molecular formula is C17H26N2O5S2. The molecule has 26 heavy (non-hydrogen) atoms. The Bertz CT molecular complexity index is 826. The number of nitrogens with zero attached hydrogens (tertiary/aromatic N) is 1. The van der Waals surface area contributed by atoms with Gasteiger partial charge in [0.15, 0.2) is 9.84 Å². The van der Waals surface area contributed by atoms with Crippen LogP contribution in [0.2, 0.25) is 0 Å². The lowest BCUT2D eigenvalue weighted by molar-refractivity contribution is 0.0755. The van der Waals surface area contributed by atoms with Crippen molar-refractivity contribution in [3.8, 4) is 0 Å². The van der Waals surface area contributed by atoms with Gasteiger partial charge in [-0.3, -0.25) is 4.79 Å². The number of carbonyl (C=O) groups is 1. The van der Waals surface area contributed by atoms with E-state index in [0.29, 0.717) is 18.7 Å². The fraction of sp³-hybridized carbons (Fsp3) is 0.588. The van der Waals surface area contributed by atoms with Gasteiger partial charge in [0, 0.05) is 24.7 Å². The van der Waals surface area contributed by atoms with E-state index in [2.05, 4.69) is 4.72 Å².